The zero-order valence-electron chi connectivity index (χ0n) is 8.47. The van der Waals surface area contributed by atoms with Gasteiger partial charge >= 0.3 is 0 Å². The monoisotopic (exact) mass is 215 g/mol. The van der Waals surface area contributed by atoms with Gasteiger partial charge in [0.25, 0.3) is 0 Å². The van der Waals surface area contributed by atoms with Crippen LogP contribution in [0.3, 0.4) is 0 Å². The van der Waals surface area contributed by atoms with Crippen molar-refractivity contribution in [2.24, 2.45) is 0 Å². The predicted molar refractivity (Wildman–Crippen MR) is 55.6 cm³/mol. The average molecular weight is 215 g/mol. The fourth-order valence-electron chi connectivity index (χ4n) is 1.91. The first-order chi connectivity index (χ1) is 7.90. The van der Waals surface area contributed by atoms with E-state index in [1.54, 1.807) is 0 Å². The molecular formula is C12H9NO3. The maximum Gasteiger partial charge on any atom is 0.213 e. The van der Waals surface area contributed by atoms with Crippen LogP contribution in [0.15, 0.2) is 28.7 Å². The van der Waals surface area contributed by atoms with E-state index in [2.05, 4.69) is 0 Å². The second-order valence-electron chi connectivity index (χ2n) is 3.53. The molecule has 0 amide bonds. The SMILES string of the molecule is N#Cc1oc2ccccc2c1C1OCCO1. The van der Waals surface area contributed by atoms with Crippen molar-refractivity contribution in [2.75, 3.05) is 13.2 Å². The van der Waals surface area contributed by atoms with Gasteiger partial charge in [0.2, 0.25) is 5.76 Å². The van der Waals surface area contributed by atoms with Crippen molar-refractivity contribution in [3.63, 3.8) is 0 Å². The number of nitriles is 1. The van der Waals surface area contributed by atoms with Crippen LogP contribution in [0.2, 0.25) is 0 Å². The predicted octanol–water partition coefficient (Wildman–Crippen LogP) is 2.35. The van der Waals surface area contributed by atoms with Gasteiger partial charge < -0.3 is 13.9 Å². The second-order valence-corrected chi connectivity index (χ2v) is 3.53. The van der Waals surface area contributed by atoms with Crippen molar-refractivity contribution >= 4 is 11.0 Å². The van der Waals surface area contributed by atoms with Crippen molar-refractivity contribution in [1.29, 1.82) is 5.26 Å². The lowest BCUT2D eigenvalue weighted by atomic mass is 10.1. The van der Waals surface area contributed by atoms with Gasteiger partial charge in [0.1, 0.15) is 11.7 Å². The first-order valence-corrected chi connectivity index (χ1v) is 5.05. The smallest absolute Gasteiger partial charge is 0.213 e. The number of hydrogen-bond donors (Lipinski definition) is 0. The van der Waals surface area contributed by atoms with Crippen LogP contribution in [0.1, 0.15) is 17.6 Å². The lowest BCUT2D eigenvalue weighted by molar-refractivity contribution is -0.0437. The highest BCUT2D eigenvalue weighted by Crippen LogP contribution is 2.34. The summed E-state index contributed by atoms with van der Waals surface area (Å²) in [7, 11) is 0. The number of ether oxygens (including phenoxy) is 2. The Bertz CT molecular complexity index is 561. The highest BCUT2D eigenvalue weighted by atomic mass is 16.7. The first kappa shape index (κ1) is 9.40. The summed E-state index contributed by atoms with van der Waals surface area (Å²) in [5.41, 5.74) is 1.39. The van der Waals surface area contributed by atoms with E-state index in [0.29, 0.717) is 24.4 Å². The van der Waals surface area contributed by atoms with E-state index < -0.39 is 6.29 Å². The van der Waals surface area contributed by atoms with Gasteiger partial charge in [-0.2, -0.15) is 5.26 Å². The third kappa shape index (κ3) is 1.30. The molecular weight excluding hydrogens is 206 g/mol. The minimum atomic E-state index is -0.474. The molecule has 1 aromatic carbocycles. The topological polar surface area (TPSA) is 55.4 Å². The molecule has 1 aromatic heterocycles. The van der Waals surface area contributed by atoms with Gasteiger partial charge in [-0.1, -0.05) is 18.2 Å². The second kappa shape index (κ2) is 3.63. The normalized spacial score (nSPS) is 16.7. The molecule has 2 aromatic rings. The summed E-state index contributed by atoms with van der Waals surface area (Å²) in [5, 5.41) is 9.91. The average Bonchev–Trinajstić information content (AvgIpc) is 2.94. The van der Waals surface area contributed by atoms with Crippen LogP contribution < -0.4 is 0 Å². The maximum absolute atomic E-state index is 9.02. The minimum Gasteiger partial charge on any atom is -0.445 e. The van der Waals surface area contributed by atoms with E-state index in [9.17, 15) is 0 Å². The molecule has 1 aliphatic heterocycles. The van der Waals surface area contributed by atoms with Gasteiger partial charge in [0.05, 0.1) is 18.8 Å². The molecule has 80 valence electrons. The Morgan fingerprint density at radius 1 is 1.19 bits per heavy atom. The molecule has 4 nitrogen and oxygen atoms in total. The van der Waals surface area contributed by atoms with E-state index in [1.165, 1.54) is 0 Å². The number of benzene rings is 1. The summed E-state index contributed by atoms with van der Waals surface area (Å²) in [6, 6.07) is 9.53. The molecule has 0 unspecified atom stereocenters. The molecule has 3 rings (SSSR count). The van der Waals surface area contributed by atoms with Gasteiger partial charge in [-0.3, -0.25) is 0 Å². The Kier molecular flexibility index (Phi) is 2.13. The molecule has 1 saturated heterocycles. The Morgan fingerprint density at radius 2 is 1.94 bits per heavy atom. The molecule has 16 heavy (non-hydrogen) atoms. The van der Waals surface area contributed by atoms with Crippen molar-refractivity contribution in [1.82, 2.24) is 0 Å². The number of rotatable bonds is 1. The molecule has 0 aliphatic carbocycles. The number of hydrogen-bond acceptors (Lipinski definition) is 4. The minimum absolute atomic E-state index is 0.271. The molecule has 4 heteroatoms. The van der Waals surface area contributed by atoms with E-state index in [0.717, 1.165) is 5.39 Å². The molecule has 1 fully saturated rings. The van der Waals surface area contributed by atoms with Gasteiger partial charge in [-0.25, -0.2) is 0 Å². The van der Waals surface area contributed by atoms with E-state index in [-0.39, 0.29) is 5.76 Å². The molecule has 1 aliphatic rings. The molecule has 0 radical (unpaired) electrons. The summed E-state index contributed by atoms with van der Waals surface area (Å²) >= 11 is 0. The summed E-state index contributed by atoms with van der Waals surface area (Å²) in [4.78, 5) is 0. The Balaban J connectivity index is 2.23. The summed E-state index contributed by atoms with van der Waals surface area (Å²) < 4.78 is 16.3. The summed E-state index contributed by atoms with van der Waals surface area (Å²) in [5.74, 6) is 0.271. The lowest BCUT2D eigenvalue weighted by Gasteiger charge is -2.06. The summed E-state index contributed by atoms with van der Waals surface area (Å²) in [6.07, 6.45) is -0.474. The zero-order chi connectivity index (χ0) is 11.0. The third-order valence-electron chi connectivity index (χ3n) is 2.59. The van der Waals surface area contributed by atoms with Crippen molar-refractivity contribution < 1.29 is 13.9 Å². The number of furan rings is 1. The highest BCUT2D eigenvalue weighted by Gasteiger charge is 2.27. The largest absolute Gasteiger partial charge is 0.445 e. The van der Waals surface area contributed by atoms with E-state index in [4.69, 9.17) is 19.2 Å². The lowest BCUT2D eigenvalue weighted by Crippen LogP contribution is -1.98. The van der Waals surface area contributed by atoms with Crippen LogP contribution in [-0.2, 0) is 9.47 Å². The molecule has 0 saturated carbocycles. The first-order valence-electron chi connectivity index (χ1n) is 5.05. The number of nitrogens with zero attached hydrogens (tertiary/aromatic N) is 1. The van der Waals surface area contributed by atoms with Crippen molar-refractivity contribution in [3.05, 3.63) is 35.6 Å². The molecule has 0 bridgehead atoms. The quantitative estimate of drug-likeness (QED) is 0.732. The Morgan fingerprint density at radius 3 is 2.69 bits per heavy atom. The van der Waals surface area contributed by atoms with E-state index in [1.807, 2.05) is 30.3 Å². The Labute approximate surface area is 92.0 Å². The van der Waals surface area contributed by atoms with Crippen LogP contribution in [0.5, 0.6) is 0 Å². The third-order valence-corrected chi connectivity index (χ3v) is 2.59. The van der Waals surface area contributed by atoms with Gasteiger partial charge in [-0.15, -0.1) is 0 Å². The van der Waals surface area contributed by atoms with Crippen molar-refractivity contribution in [3.8, 4) is 6.07 Å². The highest BCUT2D eigenvalue weighted by molar-refractivity contribution is 5.83. The van der Waals surface area contributed by atoms with Gasteiger partial charge in [0.15, 0.2) is 6.29 Å². The standard InChI is InChI=1S/C12H9NO3/c13-7-10-11(12-14-5-6-15-12)8-3-1-2-4-9(8)16-10/h1-4,12H,5-6H2. The fourth-order valence-corrected chi connectivity index (χ4v) is 1.91. The van der Waals surface area contributed by atoms with Crippen LogP contribution in [0.25, 0.3) is 11.0 Å². The van der Waals surface area contributed by atoms with Crippen LogP contribution in [-0.4, -0.2) is 13.2 Å². The Hall–Kier alpha value is -1.83. The molecule has 0 spiro atoms. The molecule has 0 atom stereocenters. The van der Waals surface area contributed by atoms with Gasteiger partial charge in [0, 0.05) is 5.39 Å². The van der Waals surface area contributed by atoms with Crippen molar-refractivity contribution in [2.45, 2.75) is 6.29 Å². The molecule has 0 N–H and O–H groups in total. The van der Waals surface area contributed by atoms with Crippen LogP contribution >= 0.6 is 0 Å². The van der Waals surface area contributed by atoms with Gasteiger partial charge in [-0.05, 0) is 6.07 Å². The number of para-hydroxylation sites is 1. The summed E-state index contributed by atoms with van der Waals surface area (Å²) in [6.45, 7) is 1.10. The fraction of sp³-hybridized carbons (Fsp3) is 0.250. The van der Waals surface area contributed by atoms with E-state index >= 15 is 0 Å². The number of fused-ring (bicyclic) bond motifs is 1. The van der Waals surface area contributed by atoms with Crippen LogP contribution in [0, 0.1) is 11.3 Å². The zero-order valence-corrected chi connectivity index (χ0v) is 8.47. The maximum atomic E-state index is 9.02. The van der Waals surface area contributed by atoms with Crippen LogP contribution in [0.4, 0.5) is 0 Å². The molecule has 2 heterocycles.